The average Bonchev–Trinajstić information content (AvgIpc) is 2.64. The minimum absolute atomic E-state index is 0.306. The van der Waals surface area contributed by atoms with Crippen LogP contribution in [-0.4, -0.2) is 53.0 Å². The van der Waals surface area contributed by atoms with E-state index in [-0.39, 0.29) is 5.62 Å². The van der Waals surface area contributed by atoms with E-state index < -0.39 is 0 Å². The lowest BCUT2D eigenvalue weighted by Crippen LogP contribution is -2.45. The fraction of sp³-hybridized carbons (Fsp3) is 0.615. The molecule has 0 N–H and O–H groups in total. The Morgan fingerprint density at radius 3 is 3.06 bits per heavy atom. The van der Waals surface area contributed by atoms with Crippen LogP contribution in [0.15, 0.2) is 29.5 Å². The molecule has 0 saturated heterocycles. The highest BCUT2D eigenvalue weighted by molar-refractivity contribution is 6.22. The maximum absolute atomic E-state index is 6.28. The molecular formula is C13H21ClN4. The van der Waals surface area contributed by atoms with Gasteiger partial charge in [0.15, 0.2) is 5.84 Å². The van der Waals surface area contributed by atoms with Crippen molar-refractivity contribution < 1.29 is 0 Å². The van der Waals surface area contributed by atoms with Crippen LogP contribution in [0.2, 0.25) is 0 Å². The van der Waals surface area contributed by atoms with Crippen LogP contribution in [0.25, 0.3) is 0 Å². The highest BCUT2D eigenvalue weighted by atomic mass is 35.5. The van der Waals surface area contributed by atoms with Crippen molar-refractivity contribution in [3.8, 4) is 0 Å². The first-order chi connectivity index (χ1) is 8.67. The van der Waals surface area contributed by atoms with Crippen molar-refractivity contribution in [1.82, 2.24) is 14.7 Å². The Morgan fingerprint density at radius 1 is 1.61 bits per heavy atom. The summed E-state index contributed by atoms with van der Waals surface area (Å²) in [6, 6.07) is 0. The average molecular weight is 269 g/mol. The maximum atomic E-state index is 6.28. The summed E-state index contributed by atoms with van der Waals surface area (Å²) >= 11 is 6.28. The molecule has 0 radical (unpaired) electrons. The van der Waals surface area contributed by atoms with Gasteiger partial charge in [0.05, 0.1) is 12.4 Å². The van der Waals surface area contributed by atoms with Gasteiger partial charge in [0.2, 0.25) is 5.62 Å². The largest absolute Gasteiger partial charge is 0.361 e. The van der Waals surface area contributed by atoms with Crippen LogP contribution >= 0.6 is 11.6 Å². The number of unbranched alkanes of at least 4 members (excludes halogenated alkanes) is 1. The molecule has 0 aromatic heterocycles. The maximum Gasteiger partial charge on any atom is 0.200 e. The summed E-state index contributed by atoms with van der Waals surface area (Å²) in [5.74, 6) is 1.03. The molecule has 2 aliphatic heterocycles. The molecule has 18 heavy (non-hydrogen) atoms. The van der Waals surface area contributed by atoms with Gasteiger partial charge in [-0.1, -0.05) is 31.0 Å². The summed E-state index contributed by atoms with van der Waals surface area (Å²) in [5, 5.41) is 0. The summed E-state index contributed by atoms with van der Waals surface area (Å²) in [6.45, 7) is 8.62. The first-order valence-corrected chi connectivity index (χ1v) is 6.87. The van der Waals surface area contributed by atoms with Gasteiger partial charge in [-0.15, -0.1) is 6.58 Å². The number of fused-ring (bicyclic) bond motifs is 1. The number of amidine groups is 1. The third kappa shape index (κ3) is 2.48. The second-order valence-electron chi connectivity index (χ2n) is 4.73. The van der Waals surface area contributed by atoms with Gasteiger partial charge in [0.25, 0.3) is 0 Å². The first-order valence-electron chi connectivity index (χ1n) is 6.44. The lowest BCUT2D eigenvalue weighted by molar-refractivity contribution is 0.255. The Kier molecular flexibility index (Phi) is 4.17. The summed E-state index contributed by atoms with van der Waals surface area (Å²) in [5.41, 5.74) is 0.805. The van der Waals surface area contributed by atoms with Gasteiger partial charge < -0.3 is 14.7 Å². The number of aliphatic imine (C=N–C) groups is 1. The van der Waals surface area contributed by atoms with E-state index in [0.717, 1.165) is 31.3 Å². The highest BCUT2D eigenvalue weighted by Gasteiger charge is 2.34. The number of alkyl halides is 1. The standard InChI is InChI=1S/C13H21ClN4/c1-4-6-8-17-10-16(3)9-11-12(17)15-13(14)18(11)7-5-2/h5,9,13H,2,4,6-8,10H2,1,3H3. The molecule has 5 heteroatoms. The van der Waals surface area contributed by atoms with E-state index in [1.807, 2.05) is 6.08 Å². The van der Waals surface area contributed by atoms with E-state index >= 15 is 0 Å². The predicted molar refractivity (Wildman–Crippen MR) is 76.3 cm³/mol. The second-order valence-corrected chi connectivity index (χ2v) is 5.12. The quantitative estimate of drug-likeness (QED) is 0.434. The monoisotopic (exact) mass is 268 g/mol. The van der Waals surface area contributed by atoms with Crippen LogP contribution in [-0.2, 0) is 0 Å². The number of hydrogen-bond donors (Lipinski definition) is 0. The van der Waals surface area contributed by atoms with Crippen molar-refractivity contribution in [2.75, 3.05) is 26.8 Å². The zero-order chi connectivity index (χ0) is 13.1. The van der Waals surface area contributed by atoms with Crippen molar-refractivity contribution in [2.24, 2.45) is 4.99 Å². The Hall–Kier alpha value is -1.16. The molecule has 1 atom stereocenters. The Bertz CT molecular complexity index is 377. The molecule has 0 fully saturated rings. The summed E-state index contributed by atoms with van der Waals surface area (Å²) < 4.78 is 0. The normalized spacial score (nSPS) is 22.8. The number of rotatable bonds is 5. The smallest absolute Gasteiger partial charge is 0.200 e. The lowest BCUT2D eigenvalue weighted by atomic mass is 10.2. The van der Waals surface area contributed by atoms with Crippen LogP contribution in [0.4, 0.5) is 0 Å². The van der Waals surface area contributed by atoms with Crippen molar-refractivity contribution >= 4 is 17.4 Å². The lowest BCUT2D eigenvalue weighted by Gasteiger charge is -2.35. The van der Waals surface area contributed by atoms with E-state index in [1.165, 1.54) is 12.8 Å². The van der Waals surface area contributed by atoms with Gasteiger partial charge >= 0.3 is 0 Å². The summed E-state index contributed by atoms with van der Waals surface area (Å²) in [7, 11) is 2.08. The number of halogens is 1. The van der Waals surface area contributed by atoms with E-state index in [4.69, 9.17) is 11.6 Å². The molecule has 1 unspecified atom stereocenters. The molecule has 0 spiro atoms. The zero-order valence-corrected chi connectivity index (χ0v) is 11.9. The van der Waals surface area contributed by atoms with Gasteiger partial charge in [0.1, 0.15) is 0 Å². The fourth-order valence-electron chi connectivity index (χ4n) is 2.29. The van der Waals surface area contributed by atoms with E-state index in [0.29, 0.717) is 0 Å². The predicted octanol–water partition coefficient (Wildman–Crippen LogP) is 2.26. The van der Waals surface area contributed by atoms with Crippen molar-refractivity contribution in [2.45, 2.75) is 25.4 Å². The van der Waals surface area contributed by atoms with Gasteiger partial charge in [-0.05, 0) is 6.42 Å². The Morgan fingerprint density at radius 2 is 2.39 bits per heavy atom. The topological polar surface area (TPSA) is 22.1 Å². The van der Waals surface area contributed by atoms with Crippen molar-refractivity contribution in [3.05, 3.63) is 24.6 Å². The van der Waals surface area contributed by atoms with E-state index in [9.17, 15) is 0 Å². The van der Waals surface area contributed by atoms with Crippen LogP contribution < -0.4 is 0 Å². The SMILES string of the molecule is C=CCN1C2=CN(C)CN(CCCC)C2=NC1Cl. The fourth-order valence-corrected chi connectivity index (χ4v) is 2.57. The van der Waals surface area contributed by atoms with Crippen molar-refractivity contribution in [1.29, 1.82) is 0 Å². The third-order valence-electron chi connectivity index (χ3n) is 3.17. The summed E-state index contributed by atoms with van der Waals surface area (Å²) in [4.78, 5) is 11.1. The van der Waals surface area contributed by atoms with E-state index in [1.54, 1.807) is 0 Å². The zero-order valence-electron chi connectivity index (χ0n) is 11.1. The third-order valence-corrected chi connectivity index (χ3v) is 3.50. The van der Waals surface area contributed by atoms with Crippen LogP contribution in [0, 0.1) is 0 Å². The molecule has 4 nitrogen and oxygen atoms in total. The van der Waals surface area contributed by atoms with Crippen LogP contribution in [0.1, 0.15) is 19.8 Å². The molecule has 0 amide bonds. The Labute approximate surface area is 114 Å². The molecule has 2 aliphatic rings. The number of nitrogens with zero attached hydrogens (tertiary/aromatic N) is 4. The Balaban J connectivity index is 2.20. The molecule has 0 aromatic carbocycles. The molecule has 0 bridgehead atoms. The van der Waals surface area contributed by atoms with Gasteiger partial charge in [0, 0.05) is 26.3 Å². The molecule has 0 aliphatic carbocycles. The molecular weight excluding hydrogens is 248 g/mol. The van der Waals surface area contributed by atoms with Crippen molar-refractivity contribution in [3.63, 3.8) is 0 Å². The molecule has 2 heterocycles. The van der Waals surface area contributed by atoms with Crippen LogP contribution in [0.5, 0.6) is 0 Å². The molecule has 0 saturated carbocycles. The molecule has 2 rings (SSSR count). The van der Waals surface area contributed by atoms with Gasteiger partial charge in [-0.25, -0.2) is 4.99 Å². The molecule has 100 valence electrons. The highest BCUT2D eigenvalue weighted by Crippen LogP contribution is 2.28. The summed E-state index contributed by atoms with van der Waals surface area (Å²) in [6.07, 6.45) is 6.34. The number of hydrogen-bond acceptors (Lipinski definition) is 4. The first kappa shape index (κ1) is 13.3. The van der Waals surface area contributed by atoms with Gasteiger partial charge in [-0.2, -0.15) is 0 Å². The minimum atomic E-state index is -0.306. The minimum Gasteiger partial charge on any atom is -0.361 e. The molecule has 0 aromatic rings. The second kappa shape index (κ2) is 5.65. The van der Waals surface area contributed by atoms with E-state index in [2.05, 4.69) is 46.4 Å². The van der Waals surface area contributed by atoms with Crippen LogP contribution in [0.3, 0.4) is 0 Å². The van der Waals surface area contributed by atoms with Gasteiger partial charge in [-0.3, -0.25) is 0 Å².